The number of carboxylic acid groups (broad SMARTS) is 1. The van der Waals surface area contributed by atoms with E-state index < -0.39 is 5.97 Å². The van der Waals surface area contributed by atoms with Gasteiger partial charge in [0.25, 0.3) is 0 Å². The van der Waals surface area contributed by atoms with E-state index in [-0.39, 0.29) is 24.6 Å². The number of benzene rings is 2. The number of hydrogen-bond acceptors (Lipinski definition) is 4. The van der Waals surface area contributed by atoms with Crippen LogP contribution in [0, 0.1) is 0 Å². The standard InChI is InChI=1S/C18H14O5/c19-16(20)6-3-9-23-11-7-8-14-15(10-11)18(22)13-5-2-1-4-12(13)17(14)21/h1-2,4-5,7-8,10H,3,6,9H2,(H,19,20). The predicted molar refractivity (Wildman–Crippen MR) is 82.1 cm³/mol. The number of carbonyl (C=O) groups excluding carboxylic acids is 2. The highest BCUT2D eigenvalue weighted by Crippen LogP contribution is 2.29. The van der Waals surface area contributed by atoms with Gasteiger partial charge in [-0.2, -0.15) is 0 Å². The summed E-state index contributed by atoms with van der Waals surface area (Å²) in [5.74, 6) is -0.801. The van der Waals surface area contributed by atoms with Crippen LogP contribution in [0.25, 0.3) is 0 Å². The maximum absolute atomic E-state index is 12.5. The van der Waals surface area contributed by atoms with Crippen molar-refractivity contribution in [3.8, 4) is 5.75 Å². The highest BCUT2D eigenvalue weighted by Gasteiger charge is 2.29. The van der Waals surface area contributed by atoms with Gasteiger partial charge in [0.1, 0.15) is 5.75 Å². The van der Waals surface area contributed by atoms with Crippen LogP contribution in [-0.4, -0.2) is 29.2 Å². The minimum Gasteiger partial charge on any atom is -0.494 e. The number of carboxylic acids is 1. The number of hydrogen-bond donors (Lipinski definition) is 1. The highest BCUT2D eigenvalue weighted by atomic mass is 16.5. The Bertz CT molecular complexity index is 807. The lowest BCUT2D eigenvalue weighted by Gasteiger charge is -2.18. The first-order valence-corrected chi connectivity index (χ1v) is 7.25. The van der Waals surface area contributed by atoms with Crippen LogP contribution in [0.1, 0.15) is 44.7 Å². The lowest BCUT2D eigenvalue weighted by molar-refractivity contribution is -0.137. The van der Waals surface area contributed by atoms with E-state index in [9.17, 15) is 14.4 Å². The maximum Gasteiger partial charge on any atom is 0.303 e. The lowest BCUT2D eigenvalue weighted by Crippen LogP contribution is -2.20. The van der Waals surface area contributed by atoms with Crippen LogP contribution in [0.2, 0.25) is 0 Å². The summed E-state index contributed by atoms with van der Waals surface area (Å²) in [7, 11) is 0. The Morgan fingerprint density at radius 1 is 0.913 bits per heavy atom. The fraction of sp³-hybridized carbons (Fsp3) is 0.167. The Balaban J connectivity index is 1.84. The van der Waals surface area contributed by atoms with E-state index in [0.717, 1.165) is 0 Å². The molecule has 23 heavy (non-hydrogen) atoms. The summed E-state index contributed by atoms with van der Waals surface area (Å²) in [5, 5.41) is 8.59. The second-order valence-corrected chi connectivity index (χ2v) is 5.26. The molecule has 1 N–H and O–H groups in total. The average molecular weight is 310 g/mol. The number of rotatable bonds is 5. The van der Waals surface area contributed by atoms with E-state index in [1.807, 2.05) is 0 Å². The van der Waals surface area contributed by atoms with Gasteiger partial charge in [-0.1, -0.05) is 24.3 Å². The van der Waals surface area contributed by atoms with Gasteiger partial charge in [0.05, 0.1) is 6.61 Å². The molecule has 0 bridgehead atoms. The highest BCUT2D eigenvalue weighted by molar-refractivity contribution is 6.28. The van der Waals surface area contributed by atoms with Crippen LogP contribution >= 0.6 is 0 Å². The number of carbonyl (C=O) groups is 3. The summed E-state index contributed by atoms with van der Waals surface area (Å²) < 4.78 is 5.47. The molecule has 116 valence electrons. The second kappa shape index (κ2) is 6.04. The Kier molecular flexibility index (Phi) is 3.93. The van der Waals surface area contributed by atoms with Crippen molar-refractivity contribution >= 4 is 17.5 Å². The first kappa shape index (κ1) is 15.0. The fourth-order valence-electron chi connectivity index (χ4n) is 2.58. The molecule has 5 nitrogen and oxygen atoms in total. The maximum atomic E-state index is 12.5. The Morgan fingerprint density at radius 2 is 1.52 bits per heavy atom. The zero-order valence-corrected chi connectivity index (χ0v) is 12.2. The molecular formula is C18H14O5. The van der Waals surface area contributed by atoms with Crippen molar-refractivity contribution < 1.29 is 24.2 Å². The van der Waals surface area contributed by atoms with Crippen molar-refractivity contribution in [1.82, 2.24) is 0 Å². The molecule has 0 fully saturated rings. The largest absolute Gasteiger partial charge is 0.494 e. The molecule has 0 heterocycles. The number of ether oxygens (including phenoxy) is 1. The van der Waals surface area contributed by atoms with Gasteiger partial charge in [-0.05, 0) is 24.6 Å². The summed E-state index contributed by atoms with van der Waals surface area (Å²) in [6.45, 7) is 0.240. The lowest BCUT2D eigenvalue weighted by atomic mass is 9.84. The molecule has 0 amide bonds. The van der Waals surface area contributed by atoms with E-state index in [0.29, 0.717) is 34.4 Å². The first-order valence-electron chi connectivity index (χ1n) is 7.25. The van der Waals surface area contributed by atoms with Crippen LogP contribution < -0.4 is 4.74 Å². The van der Waals surface area contributed by atoms with Gasteiger partial charge in [-0.25, -0.2) is 0 Å². The van der Waals surface area contributed by atoms with Gasteiger partial charge in [-0.15, -0.1) is 0 Å². The van der Waals surface area contributed by atoms with Gasteiger partial charge in [-0.3, -0.25) is 14.4 Å². The zero-order chi connectivity index (χ0) is 16.4. The summed E-state index contributed by atoms with van der Waals surface area (Å²) in [6, 6.07) is 11.5. The second-order valence-electron chi connectivity index (χ2n) is 5.26. The van der Waals surface area contributed by atoms with Crippen molar-refractivity contribution in [2.45, 2.75) is 12.8 Å². The predicted octanol–water partition coefficient (Wildman–Crippen LogP) is 2.71. The molecule has 0 aromatic heterocycles. The molecule has 0 unspecified atom stereocenters. The van der Waals surface area contributed by atoms with Crippen molar-refractivity contribution in [1.29, 1.82) is 0 Å². The molecule has 5 heteroatoms. The number of fused-ring (bicyclic) bond motifs is 2. The molecule has 0 atom stereocenters. The van der Waals surface area contributed by atoms with Crippen molar-refractivity contribution in [3.63, 3.8) is 0 Å². The van der Waals surface area contributed by atoms with Crippen molar-refractivity contribution in [2.24, 2.45) is 0 Å². The molecule has 3 rings (SSSR count). The molecule has 1 aliphatic carbocycles. The van der Waals surface area contributed by atoms with E-state index in [1.165, 1.54) is 0 Å². The molecule has 0 spiro atoms. The molecule has 1 aliphatic rings. The van der Waals surface area contributed by atoms with Gasteiger partial charge < -0.3 is 9.84 Å². The molecular weight excluding hydrogens is 296 g/mol. The van der Waals surface area contributed by atoms with Gasteiger partial charge in [0, 0.05) is 28.7 Å². The Hall–Kier alpha value is -2.95. The number of ketones is 2. The minimum absolute atomic E-state index is 0.0235. The minimum atomic E-state index is -0.878. The summed E-state index contributed by atoms with van der Waals surface area (Å²) in [4.78, 5) is 35.4. The van der Waals surface area contributed by atoms with E-state index in [2.05, 4.69) is 0 Å². The van der Waals surface area contributed by atoms with Gasteiger partial charge >= 0.3 is 5.97 Å². The fourth-order valence-corrected chi connectivity index (χ4v) is 2.58. The number of aliphatic carboxylic acids is 1. The summed E-state index contributed by atoms with van der Waals surface area (Å²) >= 11 is 0. The summed E-state index contributed by atoms with van der Waals surface area (Å²) in [6.07, 6.45) is 0.401. The van der Waals surface area contributed by atoms with Crippen molar-refractivity contribution in [2.75, 3.05) is 6.61 Å². The molecule has 0 radical (unpaired) electrons. The van der Waals surface area contributed by atoms with Crippen LogP contribution in [0.15, 0.2) is 42.5 Å². The van der Waals surface area contributed by atoms with Crippen LogP contribution in [-0.2, 0) is 4.79 Å². The molecule has 0 saturated heterocycles. The topological polar surface area (TPSA) is 80.7 Å². The zero-order valence-electron chi connectivity index (χ0n) is 12.2. The molecule has 2 aromatic carbocycles. The van der Waals surface area contributed by atoms with E-state index in [4.69, 9.17) is 9.84 Å². The molecule has 2 aromatic rings. The van der Waals surface area contributed by atoms with E-state index in [1.54, 1.807) is 42.5 Å². The third-order valence-electron chi connectivity index (χ3n) is 3.70. The Morgan fingerprint density at radius 3 is 2.17 bits per heavy atom. The van der Waals surface area contributed by atoms with Crippen LogP contribution in [0.4, 0.5) is 0 Å². The Labute approximate surface area is 132 Å². The quantitative estimate of drug-likeness (QED) is 0.733. The third kappa shape index (κ3) is 2.85. The monoisotopic (exact) mass is 310 g/mol. The van der Waals surface area contributed by atoms with Gasteiger partial charge in [0.2, 0.25) is 0 Å². The molecule has 0 aliphatic heterocycles. The van der Waals surface area contributed by atoms with Crippen LogP contribution in [0.5, 0.6) is 5.75 Å². The van der Waals surface area contributed by atoms with Gasteiger partial charge in [0.15, 0.2) is 11.6 Å². The third-order valence-corrected chi connectivity index (χ3v) is 3.70. The average Bonchev–Trinajstić information content (AvgIpc) is 2.56. The van der Waals surface area contributed by atoms with Crippen LogP contribution in [0.3, 0.4) is 0 Å². The smallest absolute Gasteiger partial charge is 0.303 e. The summed E-state index contributed by atoms with van der Waals surface area (Å²) in [5.41, 5.74) is 1.50. The van der Waals surface area contributed by atoms with E-state index >= 15 is 0 Å². The van der Waals surface area contributed by atoms with Crippen molar-refractivity contribution in [3.05, 3.63) is 64.7 Å². The SMILES string of the molecule is O=C(O)CCCOc1ccc2c(c1)C(=O)c1ccccc1C2=O. The first-order chi connectivity index (χ1) is 11.1. The molecule has 0 saturated carbocycles. The normalized spacial score (nSPS) is 12.5.